The molecule has 100 valence electrons. The van der Waals surface area contributed by atoms with Crippen LogP contribution < -0.4 is 5.32 Å². The van der Waals surface area contributed by atoms with Crippen LogP contribution in [0.4, 0.5) is 0 Å². The number of hydrogen-bond donors (Lipinski definition) is 1. The van der Waals surface area contributed by atoms with Crippen LogP contribution in [0.3, 0.4) is 0 Å². The molecule has 0 atom stereocenters. The largest absolute Gasteiger partial charge is 0.338 e. The molecule has 1 aromatic carbocycles. The van der Waals surface area contributed by atoms with Gasteiger partial charge in [0.15, 0.2) is 0 Å². The van der Waals surface area contributed by atoms with Gasteiger partial charge >= 0.3 is 0 Å². The van der Waals surface area contributed by atoms with Crippen molar-refractivity contribution in [3.8, 4) is 11.4 Å². The summed E-state index contributed by atoms with van der Waals surface area (Å²) in [6.45, 7) is 0.630. The van der Waals surface area contributed by atoms with Crippen molar-refractivity contribution >= 4 is 11.0 Å². The number of fused-ring (bicyclic) bond motifs is 1. The van der Waals surface area contributed by atoms with E-state index < -0.39 is 0 Å². The molecular formula is C14H13N5O. The van der Waals surface area contributed by atoms with E-state index in [0.29, 0.717) is 24.3 Å². The lowest BCUT2D eigenvalue weighted by Crippen LogP contribution is -2.15. The Balaban J connectivity index is 1.60. The van der Waals surface area contributed by atoms with Gasteiger partial charge in [-0.15, -0.1) is 0 Å². The summed E-state index contributed by atoms with van der Waals surface area (Å²) >= 11 is 0. The van der Waals surface area contributed by atoms with Crippen molar-refractivity contribution in [2.45, 2.75) is 25.4 Å². The second-order valence-corrected chi connectivity index (χ2v) is 4.93. The zero-order valence-electron chi connectivity index (χ0n) is 10.8. The molecule has 3 aromatic rings. The van der Waals surface area contributed by atoms with Crippen molar-refractivity contribution in [3.05, 3.63) is 36.5 Å². The fourth-order valence-electron chi connectivity index (χ4n) is 2.07. The molecule has 0 bridgehead atoms. The minimum Gasteiger partial charge on any atom is -0.338 e. The molecule has 4 rings (SSSR count). The molecule has 20 heavy (non-hydrogen) atoms. The number of nitrogens with zero attached hydrogens (tertiary/aromatic N) is 4. The Bertz CT molecular complexity index is 750. The van der Waals surface area contributed by atoms with Crippen molar-refractivity contribution in [1.82, 2.24) is 25.4 Å². The number of rotatable bonds is 4. The summed E-state index contributed by atoms with van der Waals surface area (Å²) in [6.07, 6.45) is 5.83. The van der Waals surface area contributed by atoms with Crippen molar-refractivity contribution in [1.29, 1.82) is 0 Å². The molecule has 2 heterocycles. The molecule has 6 heteroatoms. The highest BCUT2D eigenvalue weighted by atomic mass is 16.5. The van der Waals surface area contributed by atoms with E-state index in [0.717, 1.165) is 16.6 Å². The van der Waals surface area contributed by atoms with E-state index in [1.807, 2.05) is 18.2 Å². The summed E-state index contributed by atoms with van der Waals surface area (Å²) in [5.74, 6) is 1.20. The maximum Gasteiger partial charge on any atom is 0.240 e. The molecule has 0 amide bonds. The lowest BCUT2D eigenvalue weighted by Gasteiger charge is -1.97. The Labute approximate surface area is 115 Å². The average Bonchev–Trinajstić information content (AvgIpc) is 3.21. The second kappa shape index (κ2) is 4.64. The van der Waals surface area contributed by atoms with Gasteiger partial charge in [0, 0.05) is 24.0 Å². The van der Waals surface area contributed by atoms with E-state index >= 15 is 0 Å². The third kappa shape index (κ3) is 2.25. The first-order chi connectivity index (χ1) is 9.88. The van der Waals surface area contributed by atoms with E-state index in [9.17, 15) is 0 Å². The quantitative estimate of drug-likeness (QED) is 0.778. The normalized spacial score (nSPS) is 14.8. The van der Waals surface area contributed by atoms with Crippen LogP contribution in [0.15, 0.2) is 35.1 Å². The summed E-state index contributed by atoms with van der Waals surface area (Å²) < 4.78 is 5.25. The van der Waals surface area contributed by atoms with E-state index in [1.54, 1.807) is 12.4 Å². The van der Waals surface area contributed by atoms with Crippen molar-refractivity contribution in [2.24, 2.45) is 0 Å². The molecule has 2 aromatic heterocycles. The van der Waals surface area contributed by atoms with Crippen molar-refractivity contribution < 1.29 is 4.52 Å². The molecule has 6 nitrogen and oxygen atoms in total. The van der Waals surface area contributed by atoms with Gasteiger partial charge in [-0.05, 0) is 31.0 Å². The maximum absolute atomic E-state index is 5.25. The van der Waals surface area contributed by atoms with E-state index in [4.69, 9.17) is 4.52 Å². The smallest absolute Gasteiger partial charge is 0.240 e. The predicted octanol–water partition coefficient (Wildman–Crippen LogP) is 1.93. The maximum atomic E-state index is 5.25. The molecule has 1 saturated carbocycles. The number of benzene rings is 1. The van der Waals surface area contributed by atoms with Crippen LogP contribution in [0.2, 0.25) is 0 Å². The lowest BCUT2D eigenvalue weighted by molar-refractivity contribution is 0.367. The predicted molar refractivity (Wildman–Crippen MR) is 72.7 cm³/mol. The topological polar surface area (TPSA) is 76.7 Å². The average molecular weight is 267 g/mol. The van der Waals surface area contributed by atoms with Gasteiger partial charge in [0.05, 0.1) is 17.6 Å². The highest BCUT2D eigenvalue weighted by molar-refractivity contribution is 5.79. The molecular weight excluding hydrogens is 254 g/mol. The zero-order valence-corrected chi connectivity index (χ0v) is 10.8. The van der Waals surface area contributed by atoms with Gasteiger partial charge in [-0.3, -0.25) is 9.97 Å². The number of nitrogens with one attached hydrogen (secondary N) is 1. The Morgan fingerprint density at radius 1 is 1.15 bits per heavy atom. The molecule has 0 spiro atoms. The number of hydrogen-bond acceptors (Lipinski definition) is 6. The summed E-state index contributed by atoms with van der Waals surface area (Å²) in [5, 5.41) is 7.37. The Morgan fingerprint density at radius 3 is 2.85 bits per heavy atom. The SMILES string of the molecule is c1cnc2cc(-c3noc(CNC4CC4)n3)ccc2n1. The molecule has 1 aliphatic rings. The third-order valence-electron chi connectivity index (χ3n) is 3.31. The molecule has 0 radical (unpaired) electrons. The van der Waals surface area contributed by atoms with Gasteiger partial charge < -0.3 is 9.84 Å². The van der Waals surface area contributed by atoms with E-state index in [1.165, 1.54) is 12.8 Å². The Kier molecular flexibility index (Phi) is 2.67. The minimum absolute atomic E-state index is 0.588. The highest BCUT2D eigenvalue weighted by Gasteiger charge is 2.21. The van der Waals surface area contributed by atoms with Gasteiger partial charge in [-0.1, -0.05) is 5.16 Å². The molecule has 0 unspecified atom stereocenters. The molecule has 1 N–H and O–H groups in total. The second-order valence-electron chi connectivity index (χ2n) is 4.93. The van der Waals surface area contributed by atoms with Crippen LogP contribution in [0.25, 0.3) is 22.4 Å². The zero-order chi connectivity index (χ0) is 13.4. The summed E-state index contributed by atoms with van der Waals surface area (Å²) in [7, 11) is 0. The first-order valence-electron chi connectivity index (χ1n) is 6.65. The molecule has 0 aliphatic heterocycles. The first-order valence-corrected chi connectivity index (χ1v) is 6.65. The van der Waals surface area contributed by atoms with Crippen LogP contribution in [0.1, 0.15) is 18.7 Å². The lowest BCUT2D eigenvalue weighted by atomic mass is 10.2. The van der Waals surface area contributed by atoms with Crippen LogP contribution in [-0.2, 0) is 6.54 Å². The standard InChI is InChI=1S/C14H13N5O/c1-4-11-12(16-6-5-15-11)7-9(1)14-18-13(20-19-14)8-17-10-2-3-10/h1,4-7,10,17H,2-3,8H2. The fourth-order valence-corrected chi connectivity index (χ4v) is 2.07. The minimum atomic E-state index is 0.588. The van der Waals surface area contributed by atoms with E-state index in [2.05, 4.69) is 25.4 Å². The number of aromatic nitrogens is 4. The first kappa shape index (κ1) is 11.5. The highest BCUT2D eigenvalue weighted by Crippen LogP contribution is 2.21. The van der Waals surface area contributed by atoms with Crippen LogP contribution >= 0.6 is 0 Å². The summed E-state index contributed by atoms with van der Waals surface area (Å²) in [6, 6.07) is 6.39. The molecule has 1 aliphatic carbocycles. The van der Waals surface area contributed by atoms with Crippen molar-refractivity contribution in [3.63, 3.8) is 0 Å². The Morgan fingerprint density at radius 2 is 2.00 bits per heavy atom. The van der Waals surface area contributed by atoms with Gasteiger partial charge in [0.2, 0.25) is 11.7 Å². The molecule has 0 saturated heterocycles. The molecule has 1 fully saturated rings. The van der Waals surface area contributed by atoms with Gasteiger partial charge in [-0.25, -0.2) is 0 Å². The Hall–Kier alpha value is -2.34. The van der Waals surface area contributed by atoms with Gasteiger partial charge in [-0.2, -0.15) is 4.98 Å². The third-order valence-corrected chi connectivity index (χ3v) is 3.31. The van der Waals surface area contributed by atoms with Crippen LogP contribution in [0, 0.1) is 0 Å². The summed E-state index contributed by atoms with van der Waals surface area (Å²) in [5.41, 5.74) is 2.57. The fraction of sp³-hybridized carbons (Fsp3) is 0.286. The van der Waals surface area contributed by atoms with Crippen LogP contribution in [0.5, 0.6) is 0 Å². The van der Waals surface area contributed by atoms with E-state index in [-0.39, 0.29) is 0 Å². The monoisotopic (exact) mass is 267 g/mol. The van der Waals surface area contributed by atoms with Crippen LogP contribution in [-0.4, -0.2) is 26.2 Å². The van der Waals surface area contributed by atoms with Gasteiger partial charge in [0.25, 0.3) is 0 Å². The van der Waals surface area contributed by atoms with Crippen molar-refractivity contribution in [2.75, 3.05) is 0 Å². The van der Waals surface area contributed by atoms with Gasteiger partial charge in [0.1, 0.15) is 0 Å². The summed E-state index contributed by atoms with van der Waals surface area (Å²) in [4.78, 5) is 12.9.